The first-order valence-electron chi connectivity index (χ1n) is 7.06. The van der Waals surface area contributed by atoms with Crippen LogP contribution in [-0.2, 0) is 4.79 Å². The zero-order chi connectivity index (χ0) is 15.0. The summed E-state index contributed by atoms with van der Waals surface area (Å²) < 4.78 is 5.43. The summed E-state index contributed by atoms with van der Waals surface area (Å²) in [6.45, 7) is 2.80. The standard InChI is InChI=1S/C15H16N2O4/c1-2-21-11-7-3-5-9-12(11)15(20)17(14(9)19)10-6-4-8-16-13(10)18/h3,5,7,10H,2,4,6,8H2,1H3,(H,16,18). The first kappa shape index (κ1) is 13.6. The number of rotatable bonds is 3. The van der Waals surface area contributed by atoms with Crippen molar-refractivity contribution < 1.29 is 19.1 Å². The molecule has 0 spiro atoms. The van der Waals surface area contributed by atoms with Gasteiger partial charge in [-0.3, -0.25) is 19.3 Å². The molecule has 6 nitrogen and oxygen atoms in total. The molecule has 6 heteroatoms. The molecule has 1 unspecified atom stereocenters. The van der Waals surface area contributed by atoms with E-state index in [0.717, 1.165) is 11.3 Å². The number of carbonyl (C=O) groups is 3. The number of carbonyl (C=O) groups excluding carboxylic acids is 3. The average Bonchev–Trinajstić information content (AvgIpc) is 2.73. The number of nitrogens with zero attached hydrogens (tertiary/aromatic N) is 1. The van der Waals surface area contributed by atoms with E-state index in [1.54, 1.807) is 18.2 Å². The SMILES string of the molecule is CCOc1cccc2c1C(=O)N(C1CCCNC1=O)C2=O. The van der Waals surface area contributed by atoms with Gasteiger partial charge in [-0.15, -0.1) is 0 Å². The molecule has 1 N–H and O–H groups in total. The van der Waals surface area contributed by atoms with E-state index in [2.05, 4.69) is 5.32 Å². The maximum Gasteiger partial charge on any atom is 0.266 e. The monoisotopic (exact) mass is 288 g/mol. The molecule has 2 aliphatic rings. The lowest BCUT2D eigenvalue weighted by atomic mass is 10.1. The van der Waals surface area contributed by atoms with Crippen molar-refractivity contribution in [1.29, 1.82) is 0 Å². The van der Waals surface area contributed by atoms with Gasteiger partial charge in [0.15, 0.2) is 0 Å². The maximum atomic E-state index is 12.6. The molecule has 0 aromatic heterocycles. The summed E-state index contributed by atoms with van der Waals surface area (Å²) in [6.07, 6.45) is 1.25. The molecule has 110 valence electrons. The Bertz CT molecular complexity index is 626. The van der Waals surface area contributed by atoms with Gasteiger partial charge >= 0.3 is 0 Å². The lowest BCUT2D eigenvalue weighted by Gasteiger charge is -2.28. The minimum atomic E-state index is -0.722. The van der Waals surface area contributed by atoms with Crippen molar-refractivity contribution in [3.8, 4) is 5.75 Å². The van der Waals surface area contributed by atoms with Crippen LogP contribution in [0, 0.1) is 0 Å². The number of fused-ring (bicyclic) bond motifs is 1. The van der Waals surface area contributed by atoms with Gasteiger partial charge in [0.1, 0.15) is 11.8 Å². The summed E-state index contributed by atoms with van der Waals surface area (Å²) in [7, 11) is 0. The molecular formula is C15H16N2O4. The van der Waals surface area contributed by atoms with E-state index in [9.17, 15) is 14.4 Å². The normalized spacial score (nSPS) is 21.3. The molecule has 21 heavy (non-hydrogen) atoms. The molecule has 2 aliphatic heterocycles. The van der Waals surface area contributed by atoms with Gasteiger partial charge in [-0.2, -0.15) is 0 Å². The first-order chi connectivity index (χ1) is 10.1. The molecule has 3 rings (SSSR count). The van der Waals surface area contributed by atoms with E-state index in [4.69, 9.17) is 4.74 Å². The van der Waals surface area contributed by atoms with E-state index < -0.39 is 17.9 Å². The third kappa shape index (κ3) is 2.07. The van der Waals surface area contributed by atoms with E-state index in [1.165, 1.54) is 0 Å². The van der Waals surface area contributed by atoms with Crippen LogP contribution in [0.3, 0.4) is 0 Å². The van der Waals surface area contributed by atoms with Crippen molar-refractivity contribution in [2.24, 2.45) is 0 Å². The van der Waals surface area contributed by atoms with Crippen molar-refractivity contribution >= 4 is 17.7 Å². The third-order valence-electron chi connectivity index (χ3n) is 3.78. The summed E-state index contributed by atoms with van der Waals surface area (Å²) in [4.78, 5) is 38.1. The molecule has 0 bridgehead atoms. The second-order valence-electron chi connectivity index (χ2n) is 5.04. The zero-order valence-corrected chi connectivity index (χ0v) is 11.7. The van der Waals surface area contributed by atoms with Gasteiger partial charge in [-0.1, -0.05) is 6.07 Å². The lowest BCUT2D eigenvalue weighted by Crippen LogP contribution is -2.52. The van der Waals surface area contributed by atoms with Gasteiger partial charge in [0.05, 0.1) is 17.7 Å². The molecule has 3 amide bonds. The molecule has 1 aromatic carbocycles. The summed E-state index contributed by atoms with van der Waals surface area (Å²) in [5, 5.41) is 2.70. The van der Waals surface area contributed by atoms with Gasteiger partial charge in [-0.25, -0.2) is 0 Å². The lowest BCUT2D eigenvalue weighted by molar-refractivity contribution is -0.126. The average molecular weight is 288 g/mol. The summed E-state index contributed by atoms with van der Waals surface area (Å²) in [6, 6.07) is 4.22. The molecular weight excluding hydrogens is 272 g/mol. The number of imide groups is 1. The molecule has 1 atom stereocenters. The smallest absolute Gasteiger partial charge is 0.266 e. The number of nitrogens with one attached hydrogen (secondary N) is 1. The number of hydrogen-bond donors (Lipinski definition) is 1. The number of hydrogen-bond acceptors (Lipinski definition) is 4. The highest BCUT2D eigenvalue weighted by molar-refractivity contribution is 6.24. The molecule has 1 aromatic rings. The topological polar surface area (TPSA) is 75.7 Å². The van der Waals surface area contributed by atoms with Gasteiger partial charge in [-0.05, 0) is 31.9 Å². The van der Waals surface area contributed by atoms with Crippen LogP contribution < -0.4 is 10.1 Å². The van der Waals surface area contributed by atoms with E-state index in [1.807, 2.05) is 6.92 Å². The highest BCUT2D eigenvalue weighted by Gasteiger charge is 2.44. The Morgan fingerprint density at radius 1 is 1.29 bits per heavy atom. The number of benzene rings is 1. The molecule has 1 saturated heterocycles. The van der Waals surface area contributed by atoms with Gasteiger partial charge in [0.2, 0.25) is 5.91 Å². The fourth-order valence-electron chi connectivity index (χ4n) is 2.83. The Kier molecular flexibility index (Phi) is 3.37. The highest BCUT2D eigenvalue weighted by Crippen LogP contribution is 2.33. The third-order valence-corrected chi connectivity index (χ3v) is 3.78. The molecule has 0 aliphatic carbocycles. The molecule has 1 fully saturated rings. The van der Waals surface area contributed by atoms with Crippen molar-refractivity contribution in [3.63, 3.8) is 0 Å². The zero-order valence-electron chi connectivity index (χ0n) is 11.7. The van der Waals surface area contributed by atoms with Crippen LogP contribution in [0.25, 0.3) is 0 Å². The van der Waals surface area contributed by atoms with Crippen molar-refractivity contribution in [2.45, 2.75) is 25.8 Å². The van der Waals surface area contributed by atoms with Crippen molar-refractivity contribution in [2.75, 3.05) is 13.2 Å². The van der Waals surface area contributed by atoms with Crippen LogP contribution in [0.5, 0.6) is 5.75 Å². The summed E-state index contributed by atoms with van der Waals surface area (Å²) in [5.74, 6) is -0.736. The molecule has 2 heterocycles. The predicted octanol–water partition coefficient (Wildman–Crippen LogP) is 0.960. The fraction of sp³-hybridized carbons (Fsp3) is 0.400. The molecule has 0 saturated carbocycles. The second kappa shape index (κ2) is 5.20. The van der Waals surface area contributed by atoms with Gasteiger partial charge in [0.25, 0.3) is 11.8 Å². The Morgan fingerprint density at radius 2 is 2.10 bits per heavy atom. The Morgan fingerprint density at radius 3 is 2.81 bits per heavy atom. The maximum absolute atomic E-state index is 12.6. The van der Waals surface area contributed by atoms with Crippen molar-refractivity contribution in [3.05, 3.63) is 29.3 Å². The van der Waals surface area contributed by atoms with E-state index in [-0.39, 0.29) is 11.5 Å². The van der Waals surface area contributed by atoms with Crippen LogP contribution in [-0.4, -0.2) is 41.8 Å². The van der Waals surface area contributed by atoms with Gasteiger partial charge in [0, 0.05) is 6.54 Å². The number of ether oxygens (including phenoxy) is 1. The van der Waals surface area contributed by atoms with Crippen LogP contribution in [0.15, 0.2) is 18.2 Å². The molecule has 0 radical (unpaired) electrons. The summed E-state index contributed by atoms with van der Waals surface area (Å²) in [5.41, 5.74) is 0.576. The highest BCUT2D eigenvalue weighted by atomic mass is 16.5. The number of amides is 3. The largest absolute Gasteiger partial charge is 0.493 e. The van der Waals surface area contributed by atoms with Crippen LogP contribution >= 0.6 is 0 Å². The van der Waals surface area contributed by atoms with Crippen LogP contribution in [0.4, 0.5) is 0 Å². The minimum Gasteiger partial charge on any atom is -0.493 e. The second-order valence-corrected chi connectivity index (χ2v) is 5.04. The van der Waals surface area contributed by atoms with E-state index in [0.29, 0.717) is 30.9 Å². The van der Waals surface area contributed by atoms with Crippen molar-refractivity contribution in [1.82, 2.24) is 10.2 Å². The Labute approximate surface area is 122 Å². The number of piperidine rings is 1. The quantitative estimate of drug-likeness (QED) is 0.841. The fourth-order valence-corrected chi connectivity index (χ4v) is 2.83. The van der Waals surface area contributed by atoms with E-state index >= 15 is 0 Å². The van der Waals surface area contributed by atoms with Crippen LogP contribution in [0.1, 0.15) is 40.5 Å². The van der Waals surface area contributed by atoms with Gasteiger partial charge < -0.3 is 10.1 Å². The predicted molar refractivity (Wildman–Crippen MR) is 74.1 cm³/mol. The summed E-state index contributed by atoms with van der Waals surface area (Å²) >= 11 is 0. The van der Waals surface area contributed by atoms with Crippen LogP contribution in [0.2, 0.25) is 0 Å². The first-order valence-corrected chi connectivity index (χ1v) is 7.06. The minimum absolute atomic E-state index is 0.266. The Hall–Kier alpha value is -2.37. The Balaban J connectivity index is 2.00.